The van der Waals surface area contributed by atoms with Crippen LogP contribution in [0.15, 0.2) is 0 Å². The molecule has 2 N–H and O–H groups in total. The number of carbonyl (C=O) groups excluding carboxylic acids is 1. The van der Waals surface area contributed by atoms with Crippen LogP contribution in [0.1, 0.15) is 58.8 Å². The highest BCUT2D eigenvalue weighted by atomic mass is 16.2. The van der Waals surface area contributed by atoms with Crippen LogP contribution >= 0.6 is 0 Å². The van der Waals surface area contributed by atoms with E-state index < -0.39 is 0 Å². The second-order valence-electron chi connectivity index (χ2n) is 7.20. The Morgan fingerprint density at radius 2 is 1.89 bits per heavy atom. The van der Waals surface area contributed by atoms with E-state index in [1.165, 1.54) is 32.1 Å². The average molecular weight is 250 g/mol. The van der Waals surface area contributed by atoms with Crippen LogP contribution in [0.2, 0.25) is 0 Å². The highest BCUT2D eigenvalue weighted by Crippen LogP contribution is 2.44. The Labute approximate surface area is 110 Å². The summed E-state index contributed by atoms with van der Waals surface area (Å²) in [5, 5.41) is 6.81. The number of amides is 1. The van der Waals surface area contributed by atoms with E-state index in [2.05, 4.69) is 24.5 Å². The summed E-state index contributed by atoms with van der Waals surface area (Å²) in [6.07, 6.45) is 8.75. The Bertz CT molecular complexity index is 339. The van der Waals surface area contributed by atoms with Crippen LogP contribution in [0.25, 0.3) is 0 Å². The quantitative estimate of drug-likeness (QED) is 0.789. The highest BCUT2D eigenvalue weighted by Gasteiger charge is 2.47. The van der Waals surface area contributed by atoms with E-state index in [1.807, 2.05) is 0 Å². The number of hydrogen-bond donors (Lipinski definition) is 2. The summed E-state index contributed by atoms with van der Waals surface area (Å²) in [5.74, 6) is 1.08. The van der Waals surface area contributed by atoms with E-state index in [-0.39, 0.29) is 11.9 Å². The zero-order valence-corrected chi connectivity index (χ0v) is 11.7. The standard InChI is InChI=1S/C15H26N2O/c1-15(2)9-13(15)17-14(18)12-8-7-10-5-3-4-6-11(10)16-12/h10-13,16H,3-9H2,1-2H3,(H,17,18). The Balaban J connectivity index is 1.52. The number of carbonyl (C=O) groups is 1. The maximum atomic E-state index is 12.2. The molecule has 0 aromatic heterocycles. The number of nitrogens with one attached hydrogen (secondary N) is 2. The minimum Gasteiger partial charge on any atom is -0.351 e. The van der Waals surface area contributed by atoms with Crippen molar-refractivity contribution in [3.63, 3.8) is 0 Å². The molecule has 3 aliphatic rings. The molecule has 3 heteroatoms. The van der Waals surface area contributed by atoms with Crippen molar-refractivity contribution in [2.45, 2.75) is 76.9 Å². The molecule has 1 saturated heterocycles. The van der Waals surface area contributed by atoms with Gasteiger partial charge in [-0.25, -0.2) is 0 Å². The van der Waals surface area contributed by atoms with Crippen molar-refractivity contribution in [3.05, 3.63) is 0 Å². The van der Waals surface area contributed by atoms with Crippen LogP contribution < -0.4 is 10.6 Å². The number of rotatable bonds is 2. The zero-order valence-electron chi connectivity index (χ0n) is 11.7. The smallest absolute Gasteiger partial charge is 0.237 e. The lowest BCUT2D eigenvalue weighted by atomic mass is 9.77. The highest BCUT2D eigenvalue weighted by molar-refractivity contribution is 5.82. The van der Waals surface area contributed by atoms with Crippen LogP contribution in [-0.2, 0) is 4.79 Å². The second kappa shape index (κ2) is 4.52. The molecule has 3 rings (SSSR count). The summed E-state index contributed by atoms with van der Waals surface area (Å²) in [4.78, 5) is 12.2. The first kappa shape index (κ1) is 12.5. The van der Waals surface area contributed by atoms with E-state index in [0.717, 1.165) is 18.8 Å². The molecule has 0 radical (unpaired) electrons. The molecule has 0 aromatic rings. The number of piperidine rings is 1. The fourth-order valence-electron chi connectivity index (χ4n) is 3.69. The first-order valence-electron chi connectivity index (χ1n) is 7.63. The van der Waals surface area contributed by atoms with Gasteiger partial charge in [0.1, 0.15) is 0 Å². The van der Waals surface area contributed by atoms with E-state index in [9.17, 15) is 4.79 Å². The summed E-state index contributed by atoms with van der Waals surface area (Å²) in [6.45, 7) is 4.45. The third-order valence-electron chi connectivity index (χ3n) is 5.30. The van der Waals surface area contributed by atoms with Gasteiger partial charge in [-0.3, -0.25) is 4.79 Å². The molecule has 0 aromatic carbocycles. The van der Waals surface area contributed by atoms with Gasteiger partial charge in [0, 0.05) is 12.1 Å². The maximum absolute atomic E-state index is 12.2. The van der Waals surface area contributed by atoms with Crippen molar-refractivity contribution in [1.29, 1.82) is 0 Å². The summed E-state index contributed by atoms with van der Waals surface area (Å²) >= 11 is 0. The summed E-state index contributed by atoms with van der Waals surface area (Å²) in [7, 11) is 0. The van der Waals surface area contributed by atoms with Crippen LogP contribution in [0, 0.1) is 11.3 Å². The molecule has 1 heterocycles. The molecule has 102 valence electrons. The summed E-state index contributed by atoms with van der Waals surface area (Å²) < 4.78 is 0. The molecule has 3 fully saturated rings. The fourth-order valence-corrected chi connectivity index (χ4v) is 3.69. The summed E-state index contributed by atoms with van der Waals surface area (Å²) in [6, 6.07) is 1.09. The minimum atomic E-state index is 0.0701. The Hall–Kier alpha value is -0.570. The molecular formula is C15H26N2O. The van der Waals surface area contributed by atoms with Crippen molar-refractivity contribution in [1.82, 2.24) is 10.6 Å². The molecule has 0 spiro atoms. The van der Waals surface area contributed by atoms with Gasteiger partial charge in [-0.2, -0.15) is 0 Å². The third kappa shape index (κ3) is 2.42. The molecule has 0 bridgehead atoms. The molecule has 2 aliphatic carbocycles. The lowest BCUT2D eigenvalue weighted by Gasteiger charge is -2.40. The molecule has 18 heavy (non-hydrogen) atoms. The van der Waals surface area contributed by atoms with Crippen LogP contribution in [0.4, 0.5) is 0 Å². The first-order chi connectivity index (χ1) is 8.56. The van der Waals surface area contributed by atoms with Gasteiger partial charge in [-0.15, -0.1) is 0 Å². The molecule has 4 unspecified atom stereocenters. The van der Waals surface area contributed by atoms with E-state index in [0.29, 0.717) is 17.5 Å². The molecule has 1 amide bonds. The topological polar surface area (TPSA) is 41.1 Å². The maximum Gasteiger partial charge on any atom is 0.237 e. The van der Waals surface area contributed by atoms with Crippen LogP contribution in [0.5, 0.6) is 0 Å². The Kier molecular flexibility index (Phi) is 3.13. The molecule has 4 atom stereocenters. The van der Waals surface area contributed by atoms with Crippen molar-refractivity contribution >= 4 is 5.91 Å². The van der Waals surface area contributed by atoms with E-state index in [1.54, 1.807) is 0 Å². The number of hydrogen-bond acceptors (Lipinski definition) is 2. The van der Waals surface area contributed by atoms with Gasteiger partial charge in [-0.05, 0) is 43.4 Å². The largest absolute Gasteiger partial charge is 0.351 e. The van der Waals surface area contributed by atoms with Gasteiger partial charge in [0.15, 0.2) is 0 Å². The van der Waals surface area contributed by atoms with Gasteiger partial charge < -0.3 is 10.6 Å². The van der Waals surface area contributed by atoms with E-state index >= 15 is 0 Å². The summed E-state index contributed by atoms with van der Waals surface area (Å²) in [5.41, 5.74) is 0.331. The van der Waals surface area contributed by atoms with Crippen molar-refractivity contribution in [2.75, 3.05) is 0 Å². The van der Waals surface area contributed by atoms with Gasteiger partial charge >= 0.3 is 0 Å². The zero-order chi connectivity index (χ0) is 12.8. The minimum absolute atomic E-state index is 0.0701. The number of fused-ring (bicyclic) bond motifs is 1. The van der Waals surface area contributed by atoms with Gasteiger partial charge in [0.05, 0.1) is 6.04 Å². The van der Waals surface area contributed by atoms with Crippen molar-refractivity contribution < 1.29 is 4.79 Å². The Morgan fingerprint density at radius 1 is 1.17 bits per heavy atom. The van der Waals surface area contributed by atoms with Crippen LogP contribution in [0.3, 0.4) is 0 Å². The first-order valence-corrected chi connectivity index (χ1v) is 7.63. The molecule has 2 saturated carbocycles. The van der Waals surface area contributed by atoms with E-state index in [4.69, 9.17) is 0 Å². The Morgan fingerprint density at radius 3 is 2.61 bits per heavy atom. The SMILES string of the molecule is CC1(C)CC1NC(=O)C1CCC2CCCCC2N1. The lowest BCUT2D eigenvalue weighted by molar-refractivity contribution is -0.124. The lowest BCUT2D eigenvalue weighted by Crippen LogP contribution is -2.55. The van der Waals surface area contributed by atoms with Gasteiger partial charge in [0.25, 0.3) is 0 Å². The third-order valence-corrected chi connectivity index (χ3v) is 5.30. The van der Waals surface area contributed by atoms with Crippen molar-refractivity contribution in [2.24, 2.45) is 11.3 Å². The predicted octanol–water partition coefficient (Wildman–Crippen LogP) is 2.21. The monoisotopic (exact) mass is 250 g/mol. The van der Waals surface area contributed by atoms with Crippen molar-refractivity contribution in [3.8, 4) is 0 Å². The normalized spacial score (nSPS) is 41.9. The van der Waals surface area contributed by atoms with Gasteiger partial charge in [0.2, 0.25) is 5.91 Å². The van der Waals surface area contributed by atoms with Crippen LogP contribution in [-0.4, -0.2) is 24.0 Å². The van der Waals surface area contributed by atoms with Gasteiger partial charge in [-0.1, -0.05) is 26.7 Å². The molecular weight excluding hydrogens is 224 g/mol. The average Bonchev–Trinajstić information content (AvgIpc) is 2.95. The molecule has 3 nitrogen and oxygen atoms in total. The fraction of sp³-hybridized carbons (Fsp3) is 0.933. The molecule has 1 aliphatic heterocycles. The predicted molar refractivity (Wildman–Crippen MR) is 72.2 cm³/mol. The second-order valence-corrected chi connectivity index (χ2v) is 7.20.